The number of carboxylic acids is 1. The van der Waals surface area contributed by atoms with Crippen LogP contribution >= 0.6 is 22.9 Å². The summed E-state index contributed by atoms with van der Waals surface area (Å²) in [5.41, 5.74) is 2.55. The summed E-state index contributed by atoms with van der Waals surface area (Å²) in [6.45, 7) is 2.04. The first-order chi connectivity index (χ1) is 16.2. The highest BCUT2D eigenvalue weighted by molar-refractivity contribution is 7.07. The van der Waals surface area contributed by atoms with Crippen LogP contribution in [0.2, 0.25) is 5.02 Å². The second kappa shape index (κ2) is 12.0. The highest BCUT2D eigenvalue weighted by Crippen LogP contribution is 2.27. The largest absolute Gasteiger partial charge is 0.573 e. The van der Waals surface area contributed by atoms with Crippen molar-refractivity contribution < 1.29 is 27.8 Å². The number of hydrogen-bond acceptors (Lipinski definition) is 5. The molecule has 0 fully saturated rings. The molecule has 1 heterocycles. The molecule has 0 atom stereocenters. The minimum Gasteiger partial charge on any atom is -0.481 e. The number of benzene rings is 2. The Morgan fingerprint density at radius 1 is 1.12 bits per heavy atom. The molecule has 6 nitrogen and oxygen atoms in total. The standard InChI is InChI=1S/C23H23ClF3N3O3S/c24-18-6-2-16(3-7-18)14-29-22-30(13-1-11-28-12-10-21(31)32)20(15-34-22)17-4-8-19(9-5-17)33-23(25,26)27/h2-9,15,28H,1,10-14H2,(H,31,32)/b29-22-. The van der Waals surface area contributed by atoms with Crippen molar-refractivity contribution in [1.29, 1.82) is 0 Å². The number of aliphatic carboxylic acids is 1. The van der Waals surface area contributed by atoms with E-state index in [-0.39, 0.29) is 12.2 Å². The number of thiazole rings is 1. The van der Waals surface area contributed by atoms with Gasteiger partial charge in [0.2, 0.25) is 0 Å². The lowest BCUT2D eigenvalue weighted by Crippen LogP contribution is -2.23. The number of halogens is 4. The molecule has 0 saturated heterocycles. The van der Waals surface area contributed by atoms with Gasteiger partial charge in [0.05, 0.1) is 18.7 Å². The predicted octanol–water partition coefficient (Wildman–Crippen LogP) is 5.32. The van der Waals surface area contributed by atoms with Crippen molar-refractivity contribution in [3.8, 4) is 17.0 Å². The molecule has 0 radical (unpaired) electrons. The highest BCUT2D eigenvalue weighted by atomic mass is 35.5. The summed E-state index contributed by atoms with van der Waals surface area (Å²) in [6, 6.07) is 13.1. The van der Waals surface area contributed by atoms with Crippen LogP contribution < -0.4 is 14.9 Å². The quantitative estimate of drug-likeness (QED) is 0.340. The van der Waals surface area contributed by atoms with Crippen LogP contribution in [0.4, 0.5) is 13.2 Å². The number of ether oxygens (including phenoxy) is 1. The summed E-state index contributed by atoms with van der Waals surface area (Å²) < 4.78 is 43.4. The number of carboxylic acid groups (broad SMARTS) is 1. The molecular weight excluding hydrogens is 491 g/mol. The molecular formula is C23H23ClF3N3O3S. The van der Waals surface area contributed by atoms with Gasteiger partial charge in [-0.05, 0) is 60.5 Å². The molecule has 0 amide bonds. The van der Waals surface area contributed by atoms with E-state index in [2.05, 4.69) is 10.1 Å². The summed E-state index contributed by atoms with van der Waals surface area (Å²) in [5, 5.41) is 14.4. The van der Waals surface area contributed by atoms with Gasteiger partial charge in [0, 0.05) is 23.5 Å². The zero-order valence-electron chi connectivity index (χ0n) is 18.0. The molecule has 0 aliphatic carbocycles. The van der Waals surface area contributed by atoms with Crippen molar-refractivity contribution in [2.75, 3.05) is 13.1 Å². The fourth-order valence-corrected chi connectivity index (χ4v) is 4.22. The van der Waals surface area contributed by atoms with Crippen LogP contribution in [0.15, 0.2) is 58.9 Å². The van der Waals surface area contributed by atoms with Crippen molar-refractivity contribution in [1.82, 2.24) is 9.88 Å². The Bertz CT molecular complexity index is 1140. The third kappa shape index (κ3) is 8.19. The summed E-state index contributed by atoms with van der Waals surface area (Å²) in [4.78, 5) is 16.1. The molecule has 0 bridgehead atoms. The second-order valence-corrected chi connectivity index (χ2v) is 8.59. The van der Waals surface area contributed by atoms with E-state index in [0.717, 1.165) is 21.6 Å². The average Bonchev–Trinajstić information content (AvgIpc) is 3.17. The number of rotatable bonds is 11. The number of hydrogen-bond donors (Lipinski definition) is 2. The Morgan fingerprint density at radius 3 is 2.47 bits per heavy atom. The van der Waals surface area contributed by atoms with Crippen molar-refractivity contribution in [2.45, 2.75) is 32.3 Å². The van der Waals surface area contributed by atoms with E-state index in [0.29, 0.717) is 37.6 Å². The second-order valence-electron chi connectivity index (χ2n) is 7.32. The normalized spacial score (nSPS) is 12.2. The van der Waals surface area contributed by atoms with Crippen LogP contribution in [0.1, 0.15) is 18.4 Å². The van der Waals surface area contributed by atoms with Crippen molar-refractivity contribution in [3.63, 3.8) is 0 Å². The summed E-state index contributed by atoms with van der Waals surface area (Å²) in [6.07, 6.45) is -3.98. The van der Waals surface area contributed by atoms with Crippen LogP contribution in [0.3, 0.4) is 0 Å². The molecule has 0 unspecified atom stereocenters. The van der Waals surface area contributed by atoms with Gasteiger partial charge in [0.1, 0.15) is 5.75 Å². The minimum atomic E-state index is -4.74. The number of nitrogens with zero attached hydrogens (tertiary/aromatic N) is 2. The maximum atomic E-state index is 12.5. The Labute approximate surface area is 203 Å². The monoisotopic (exact) mass is 513 g/mol. The SMILES string of the molecule is O=C(O)CCNCCCn1c(-c2ccc(OC(F)(F)F)cc2)cs/c1=N\Cc1ccc(Cl)cc1. The smallest absolute Gasteiger partial charge is 0.481 e. The Morgan fingerprint density at radius 2 is 1.82 bits per heavy atom. The lowest BCUT2D eigenvalue weighted by atomic mass is 10.1. The van der Waals surface area contributed by atoms with Gasteiger partial charge in [0.25, 0.3) is 0 Å². The number of carbonyl (C=O) groups is 1. The fourth-order valence-electron chi connectivity index (χ4n) is 3.16. The predicted molar refractivity (Wildman–Crippen MR) is 125 cm³/mol. The maximum absolute atomic E-state index is 12.5. The van der Waals surface area contributed by atoms with E-state index in [4.69, 9.17) is 21.7 Å². The first kappa shape index (κ1) is 25.8. The molecule has 3 aromatic rings. The molecule has 182 valence electrons. The molecule has 2 aromatic carbocycles. The van der Waals surface area contributed by atoms with Crippen LogP contribution in [-0.4, -0.2) is 35.1 Å². The molecule has 3 rings (SSSR count). The summed E-state index contributed by atoms with van der Waals surface area (Å²) in [5.74, 6) is -1.14. The van der Waals surface area contributed by atoms with E-state index < -0.39 is 12.3 Å². The van der Waals surface area contributed by atoms with Crippen LogP contribution in [0, 0.1) is 0 Å². The molecule has 1 aromatic heterocycles. The first-order valence-electron chi connectivity index (χ1n) is 10.4. The van der Waals surface area contributed by atoms with Crippen LogP contribution in [0.5, 0.6) is 5.75 Å². The third-order valence-corrected chi connectivity index (χ3v) is 5.90. The van der Waals surface area contributed by atoms with E-state index >= 15 is 0 Å². The van der Waals surface area contributed by atoms with E-state index in [1.54, 1.807) is 24.3 Å². The van der Waals surface area contributed by atoms with Gasteiger partial charge >= 0.3 is 12.3 Å². The average molecular weight is 514 g/mol. The lowest BCUT2D eigenvalue weighted by Gasteiger charge is -2.12. The van der Waals surface area contributed by atoms with Crippen molar-refractivity contribution in [3.05, 3.63) is 69.3 Å². The number of alkyl halides is 3. The molecule has 0 saturated carbocycles. The topological polar surface area (TPSA) is 75.8 Å². The van der Waals surface area contributed by atoms with Gasteiger partial charge in [0.15, 0.2) is 4.80 Å². The van der Waals surface area contributed by atoms with E-state index in [1.807, 2.05) is 22.1 Å². The van der Waals surface area contributed by atoms with E-state index in [9.17, 15) is 18.0 Å². The molecule has 2 N–H and O–H groups in total. The van der Waals surface area contributed by atoms with Gasteiger partial charge in [-0.3, -0.25) is 9.79 Å². The highest BCUT2D eigenvalue weighted by Gasteiger charge is 2.31. The first-order valence-corrected chi connectivity index (χ1v) is 11.7. The summed E-state index contributed by atoms with van der Waals surface area (Å²) in [7, 11) is 0. The lowest BCUT2D eigenvalue weighted by molar-refractivity contribution is -0.274. The molecule has 0 aliphatic heterocycles. The Balaban J connectivity index is 1.79. The van der Waals surface area contributed by atoms with Gasteiger partial charge in [-0.1, -0.05) is 23.7 Å². The fraction of sp³-hybridized carbons (Fsp3) is 0.304. The van der Waals surface area contributed by atoms with Crippen LogP contribution in [-0.2, 0) is 17.9 Å². The summed E-state index contributed by atoms with van der Waals surface area (Å²) >= 11 is 7.38. The van der Waals surface area contributed by atoms with Crippen molar-refractivity contribution in [2.24, 2.45) is 4.99 Å². The van der Waals surface area contributed by atoms with Gasteiger partial charge in [-0.2, -0.15) is 0 Å². The molecule has 0 spiro atoms. The maximum Gasteiger partial charge on any atom is 0.573 e. The number of nitrogens with one attached hydrogen (secondary N) is 1. The van der Waals surface area contributed by atoms with E-state index in [1.165, 1.54) is 23.5 Å². The zero-order chi connectivity index (χ0) is 24.6. The van der Waals surface area contributed by atoms with Crippen molar-refractivity contribution >= 4 is 28.9 Å². The Kier molecular flexibility index (Phi) is 9.14. The Hall–Kier alpha value is -2.82. The number of aromatic nitrogens is 1. The van der Waals surface area contributed by atoms with Gasteiger partial charge < -0.3 is 19.7 Å². The van der Waals surface area contributed by atoms with Crippen LogP contribution in [0.25, 0.3) is 11.3 Å². The zero-order valence-corrected chi connectivity index (χ0v) is 19.6. The van der Waals surface area contributed by atoms with Gasteiger partial charge in [-0.15, -0.1) is 24.5 Å². The molecule has 0 aliphatic rings. The third-order valence-electron chi connectivity index (χ3n) is 4.74. The minimum absolute atomic E-state index is 0.0465. The molecule has 11 heteroatoms. The molecule has 34 heavy (non-hydrogen) atoms. The van der Waals surface area contributed by atoms with Gasteiger partial charge in [-0.25, -0.2) is 0 Å².